The van der Waals surface area contributed by atoms with E-state index in [1.54, 1.807) is 0 Å². The van der Waals surface area contributed by atoms with Gasteiger partial charge >= 0.3 is 5.17 Å². The quantitative estimate of drug-likeness (QED) is 0.720. The highest BCUT2D eigenvalue weighted by atomic mass is 79.9. The lowest BCUT2D eigenvalue weighted by atomic mass is 10.0. The Balaban J connectivity index is 0.00000182. The predicted molar refractivity (Wildman–Crippen MR) is 101 cm³/mol. The molecule has 0 saturated carbocycles. The molecule has 2 aromatic carbocycles. The van der Waals surface area contributed by atoms with Crippen LogP contribution in [0.25, 0.3) is 0 Å². The van der Waals surface area contributed by atoms with E-state index in [4.69, 9.17) is 11.6 Å². The molecule has 0 aromatic heterocycles. The summed E-state index contributed by atoms with van der Waals surface area (Å²) in [4.78, 5) is 2.08. The van der Waals surface area contributed by atoms with Gasteiger partial charge in [-0.05, 0) is 42.4 Å². The van der Waals surface area contributed by atoms with Gasteiger partial charge in [0.25, 0.3) is 5.72 Å². The molecule has 1 N–H and O–H groups in total. The number of halogens is 2. The summed E-state index contributed by atoms with van der Waals surface area (Å²) in [6, 6.07) is 18.1. The van der Waals surface area contributed by atoms with E-state index in [1.807, 2.05) is 54.2 Å². The molecular formula is C19H20BrClN2OS. The standard InChI is InChI=1S/C19H20ClN2OS.BrH/c1-2-16-12-24-18-21(16)13-19(23,14-8-10-15(20)11-9-14)22(18)17-6-4-3-5-7-17;/h3-11,16,23H,2,12-13H2,1H3;1H/q+1;/p-1. The third kappa shape index (κ3) is 3.12. The second-order valence-corrected chi connectivity index (χ2v) is 7.70. The lowest BCUT2D eigenvalue weighted by Crippen LogP contribution is -3.00. The summed E-state index contributed by atoms with van der Waals surface area (Å²) in [5.74, 6) is 1.08. The van der Waals surface area contributed by atoms with Crippen molar-refractivity contribution in [3.8, 4) is 0 Å². The number of thioether (sulfide) groups is 1. The van der Waals surface area contributed by atoms with Gasteiger partial charge in [0.1, 0.15) is 11.7 Å². The molecule has 2 heterocycles. The minimum Gasteiger partial charge on any atom is -1.00 e. The molecule has 0 amide bonds. The van der Waals surface area contributed by atoms with E-state index < -0.39 is 5.72 Å². The molecule has 132 valence electrons. The molecule has 2 aliphatic heterocycles. The summed E-state index contributed by atoms with van der Waals surface area (Å²) in [6.07, 6.45) is 1.08. The van der Waals surface area contributed by atoms with E-state index in [0.29, 0.717) is 17.6 Å². The Morgan fingerprint density at radius 1 is 1.20 bits per heavy atom. The van der Waals surface area contributed by atoms with Gasteiger partial charge in [0.2, 0.25) is 0 Å². The van der Waals surface area contributed by atoms with E-state index >= 15 is 0 Å². The number of hydrogen-bond acceptors (Lipinski definition) is 3. The van der Waals surface area contributed by atoms with Crippen molar-refractivity contribution in [2.75, 3.05) is 17.2 Å². The van der Waals surface area contributed by atoms with Gasteiger partial charge in [0.05, 0.1) is 0 Å². The fourth-order valence-electron chi connectivity index (χ4n) is 3.53. The Morgan fingerprint density at radius 2 is 1.88 bits per heavy atom. The lowest BCUT2D eigenvalue weighted by Gasteiger charge is -2.29. The number of rotatable bonds is 3. The Kier molecular flexibility index (Phi) is 5.49. The highest BCUT2D eigenvalue weighted by Crippen LogP contribution is 2.42. The first-order valence-electron chi connectivity index (χ1n) is 8.23. The van der Waals surface area contributed by atoms with Crippen LogP contribution in [-0.4, -0.2) is 33.2 Å². The monoisotopic (exact) mass is 438 g/mol. The van der Waals surface area contributed by atoms with Crippen LogP contribution in [0.5, 0.6) is 0 Å². The number of benzene rings is 2. The van der Waals surface area contributed by atoms with E-state index in [9.17, 15) is 5.11 Å². The number of anilines is 1. The van der Waals surface area contributed by atoms with E-state index in [-0.39, 0.29) is 17.0 Å². The third-order valence-corrected chi connectivity index (χ3v) is 6.31. The van der Waals surface area contributed by atoms with Gasteiger partial charge in [-0.25, -0.2) is 4.58 Å². The first-order chi connectivity index (χ1) is 11.6. The second kappa shape index (κ2) is 7.31. The zero-order valence-electron chi connectivity index (χ0n) is 13.9. The maximum Gasteiger partial charge on any atom is 0.317 e. The van der Waals surface area contributed by atoms with Crippen molar-refractivity contribution in [2.45, 2.75) is 25.1 Å². The molecule has 0 saturated heterocycles. The Labute approximate surface area is 168 Å². The average molecular weight is 440 g/mol. The van der Waals surface area contributed by atoms with Gasteiger partial charge in [-0.1, -0.05) is 48.9 Å². The normalized spacial score (nSPS) is 25.1. The summed E-state index contributed by atoms with van der Waals surface area (Å²) >= 11 is 7.87. The van der Waals surface area contributed by atoms with Crippen molar-refractivity contribution in [1.82, 2.24) is 0 Å². The van der Waals surface area contributed by atoms with Gasteiger partial charge in [0.15, 0.2) is 6.54 Å². The van der Waals surface area contributed by atoms with Gasteiger partial charge in [-0.15, -0.1) is 0 Å². The van der Waals surface area contributed by atoms with E-state index in [0.717, 1.165) is 28.6 Å². The zero-order valence-corrected chi connectivity index (χ0v) is 17.1. The van der Waals surface area contributed by atoms with Gasteiger partial charge in [-0.2, -0.15) is 4.90 Å². The molecule has 0 fully saturated rings. The molecule has 0 spiro atoms. The average Bonchev–Trinajstić information content (AvgIpc) is 3.11. The molecule has 2 atom stereocenters. The van der Waals surface area contributed by atoms with Gasteiger partial charge in [-0.3, -0.25) is 0 Å². The topological polar surface area (TPSA) is 26.5 Å². The van der Waals surface area contributed by atoms with Crippen molar-refractivity contribution in [1.29, 1.82) is 0 Å². The predicted octanol–water partition coefficient (Wildman–Crippen LogP) is 0.903. The molecule has 2 aliphatic rings. The van der Waals surface area contributed by atoms with Crippen LogP contribution in [0.1, 0.15) is 18.9 Å². The lowest BCUT2D eigenvalue weighted by molar-refractivity contribution is -0.561. The van der Waals surface area contributed by atoms with Crippen LogP contribution in [-0.2, 0) is 5.72 Å². The van der Waals surface area contributed by atoms with Crippen molar-refractivity contribution >= 4 is 34.2 Å². The number of amidine groups is 1. The summed E-state index contributed by atoms with van der Waals surface area (Å²) in [5, 5.41) is 13.5. The largest absolute Gasteiger partial charge is 1.00 e. The van der Waals surface area contributed by atoms with Crippen LogP contribution in [0.3, 0.4) is 0 Å². The summed E-state index contributed by atoms with van der Waals surface area (Å²) in [7, 11) is 0. The number of para-hydroxylation sites is 1. The van der Waals surface area contributed by atoms with Crippen molar-refractivity contribution < 1.29 is 26.7 Å². The van der Waals surface area contributed by atoms with Gasteiger partial charge < -0.3 is 22.1 Å². The fraction of sp³-hybridized carbons (Fsp3) is 0.316. The molecule has 2 unspecified atom stereocenters. The zero-order chi connectivity index (χ0) is 16.7. The van der Waals surface area contributed by atoms with Gasteiger partial charge in [0, 0.05) is 16.3 Å². The van der Waals surface area contributed by atoms with Crippen LogP contribution in [0.4, 0.5) is 5.69 Å². The van der Waals surface area contributed by atoms with Crippen molar-refractivity contribution in [2.24, 2.45) is 0 Å². The number of nitrogens with zero attached hydrogens (tertiary/aromatic N) is 2. The molecule has 6 heteroatoms. The molecule has 2 aromatic rings. The smallest absolute Gasteiger partial charge is 0.317 e. The molecule has 4 rings (SSSR count). The van der Waals surface area contributed by atoms with E-state index in [1.165, 1.54) is 0 Å². The fourth-order valence-corrected chi connectivity index (χ4v) is 5.18. The minimum absolute atomic E-state index is 0. The molecule has 0 aliphatic carbocycles. The summed E-state index contributed by atoms with van der Waals surface area (Å²) < 4.78 is 2.35. The molecule has 3 nitrogen and oxygen atoms in total. The van der Waals surface area contributed by atoms with Crippen LogP contribution in [0.2, 0.25) is 5.02 Å². The second-order valence-electron chi connectivity index (χ2n) is 6.28. The highest BCUT2D eigenvalue weighted by molar-refractivity contribution is 8.14. The van der Waals surface area contributed by atoms with Crippen molar-refractivity contribution in [3.63, 3.8) is 0 Å². The third-order valence-electron chi connectivity index (χ3n) is 4.84. The number of hydrogen-bond donors (Lipinski definition) is 1. The maximum atomic E-state index is 11.7. The van der Waals surface area contributed by atoms with Crippen LogP contribution in [0.15, 0.2) is 54.6 Å². The van der Waals surface area contributed by atoms with Crippen molar-refractivity contribution in [3.05, 3.63) is 65.2 Å². The summed E-state index contributed by atoms with van der Waals surface area (Å²) in [6.45, 7) is 2.78. The molecule has 0 radical (unpaired) electrons. The maximum absolute atomic E-state index is 11.7. The Morgan fingerprint density at radius 3 is 2.52 bits per heavy atom. The SMILES string of the molecule is CCC1CSC2=[N+]1CC(O)(c1ccc(Cl)cc1)N2c1ccccc1.[Br-]. The molecule has 25 heavy (non-hydrogen) atoms. The van der Waals surface area contributed by atoms with Crippen LogP contribution >= 0.6 is 23.4 Å². The Bertz CT molecular complexity index is 784. The van der Waals surface area contributed by atoms with Crippen LogP contribution in [0, 0.1) is 0 Å². The summed E-state index contributed by atoms with van der Waals surface area (Å²) in [5.41, 5.74) is 0.798. The first-order valence-corrected chi connectivity index (χ1v) is 9.60. The Hall–Kier alpha value is -1.01. The molecule has 0 bridgehead atoms. The minimum atomic E-state index is -1.08. The molecular weight excluding hydrogens is 420 g/mol. The highest BCUT2D eigenvalue weighted by Gasteiger charge is 2.57. The van der Waals surface area contributed by atoms with Crippen LogP contribution < -0.4 is 21.9 Å². The first kappa shape index (κ1) is 18.8. The van der Waals surface area contributed by atoms with E-state index in [2.05, 4.69) is 28.5 Å². The number of aliphatic hydroxyl groups is 1.